The summed E-state index contributed by atoms with van der Waals surface area (Å²) in [5.41, 5.74) is 1.77. The Morgan fingerprint density at radius 2 is 1.88 bits per heavy atom. The number of anilines is 1. The van der Waals surface area contributed by atoms with E-state index in [1.54, 1.807) is 11.3 Å². The van der Waals surface area contributed by atoms with Gasteiger partial charge in [-0.05, 0) is 36.7 Å². The van der Waals surface area contributed by atoms with Crippen molar-refractivity contribution in [1.29, 1.82) is 0 Å². The van der Waals surface area contributed by atoms with E-state index in [0.717, 1.165) is 42.2 Å². The van der Waals surface area contributed by atoms with Crippen molar-refractivity contribution in [3.8, 4) is 0 Å². The second-order valence-corrected chi connectivity index (χ2v) is 7.96. The lowest BCUT2D eigenvalue weighted by atomic mass is 10.1. The Morgan fingerprint density at radius 1 is 1.19 bits per heavy atom. The van der Waals surface area contributed by atoms with Crippen LogP contribution in [0.2, 0.25) is 0 Å². The van der Waals surface area contributed by atoms with Crippen molar-refractivity contribution < 1.29 is 9.53 Å². The Balaban J connectivity index is 1.77. The van der Waals surface area contributed by atoms with E-state index >= 15 is 0 Å². The molecular weight excluding hydrogens is 364 g/mol. The first kappa shape index (κ1) is 18.9. The second-order valence-electron chi connectivity index (χ2n) is 6.44. The summed E-state index contributed by atoms with van der Waals surface area (Å²) in [7, 11) is 1.41. The average Bonchev–Trinajstić information content (AvgIpc) is 2.86. The standard InChI is InChI=1S/C20H24N2O2S2/c1-24-19(23)17-14-16(13-15-9-5-4-6-10-15)26-18(17)21-20(25)22-11-7-2-3-8-12-22/h4-6,9-10,14H,2-3,7-8,11-13H2,1H3,(H,21,25). The molecule has 0 radical (unpaired) electrons. The molecule has 26 heavy (non-hydrogen) atoms. The van der Waals surface area contributed by atoms with Gasteiger partial charge in [-0.2, -0.15) is 0 Å². The molecule has 0 amide bonds. The molecule has 1 aromatic heterocycles. The number of carbonyl (C=O) groups is 1. The zero-order chi connectivity index (χ0) is 18.4. The summed E-state index contributed by atoms with van der Waals surface area (Å²) in [6, 6.07) is 12.1. The number of hydrogen-bond acceptors (Lipinski definition) is 4. The maximum Gasteiger partial charge on any atom is 0.340 e. The maximum atomic E-state index is 12.2. The van der Waals surface area contributed by atoms with Crippen LogP contribution < -0.4 is 5.32 Å². The van der Waals surface area contributed by atoms with Gasteiger partial charge in [0.25, 0.3) is 0 Å². The highest BCUT2D eigenvalue weighted by Gasteiger charge is 2.20. The first-order valence-electron chi connectivity index (χ1n) is 8.98. The van der Waals surface area contributed by atoms with Gasteiger partial charge in [-0.1, -0.05) is 43.2 Å². The number of ether oxygens (including phenoxy) is 1. The number of thiophene rings is 1. The highest BCUT2D eigenvalue weighted by atomic mass is 32.1. The van der Waals surface area contributed by atoms with Crippen LogP contribution in [-0.4, -0.2) is 36.2 Å². The Bertz CT molecular complexity index is 750. The van der Waals surface area contributed by atoms with E-state index < -0.39 is 0 Å². The summed E-state index contributed by atoms with van der Waals surface area (Å²) < 4.78 is 4.96. The van der Waals surface area contributed by atoms with Crippen LogP contribution in [0.25, 0.3) is 0 Å². The molecule has 2 heterocycles. The molecule has 1 aromatic carbocycles. The highest BCUT2D eigenvalue weighted by Crippen LogP contribution is 2.31. The number of nitrogens with zero attached hydrogens (tertiary/aromatic N) is 1. The number of nitrogens with one attached hydrogen (secondary N) is 1. The molecule has 6 heteroatoms. The number of carbonyl (C=O) groups excluding carboxylic acids is 1. The molecule has 1 fully saturated rings. The lowest BCUT2D eigenvalue weighted by Gasteiger charge is -2.23. The Morgan fingerprint density at radius 3 is 2.54 bits per heavy atom. The summed E-state index contributed by atoms with van der Waals surface area (Å²) in [4.78, 5) is 15.5. The number of hydrogen-bond donors (Lipinski definition) is 1. The summed E-state index contributed by atoms with van der Waals surface area (Å²) in [6.45, 7) is 1.95. The second kappa shape index (κ2) is 9.14. The number of methoxy groups -OCH3 is 1. The van der Waals surface area contributed by atoms with Crippen LogP contribution in [-0.2, 0) is 11.2 Å². The third kappa shape index (κ3) is 4.83. The number of rotatable bonds is 4. The van der Waals surface area contributed by atoms with Crippen molar-refractivity contribution in [2.45, 2.75) is 32.1 Å². The van der Waals surface area contributed by atoms with E-state index in [2.05, 4.69) is 22.3 Å². The van der Waals surface area contributed by atoms with Gasteiger partial charge in [0.1, 0.15) is 5.00 Å². The van der Waals surface area contributed by atoms with Crippen molar-refractivity contribution >= 4 is 39.6 Å². The summed E-state index contributed by atoms with van der Waals surface area (Å²) in [5, 5.41) is 4.78. The minimum absolute atomic E-state index is 0.332. The normalized spacial score (nSPS) is 14.6. The maximum absolute atomic E-state index is 12.2. The largest absolute Gasteiger partial charge is 0.465 e. The molecule has 1 aliphatic rings. The molecule has 3 rings (SSSR count). The molecule has 0 atom stereocenters. The lowest BCUT2D eigenvalue weighted by Crippen LogP contribution is -2.35. The van der Waals surface area contributed by atoms with Crippen LogP contribution in [0, 0.1) is 0 Å². The van der Waals surface area contributed by atoms with E-state index in [1.807, 2.05) is 24.3 Å². The average molecular weight is 389 g/mol. The molecule has 138 valence electrons. The highest BCUT2D eigenvalue weighted by molar-refractivity contribution is 7.80. The SMILES string of the molecule is COC(=O)c1cc(Cc2ccccc2)sc1NC(=S)N1CCCCCC1. The van der Waals surface area contributed by atoms with Crippen LogP contribution in [0.1, 0.15) is 46.5 Å². The monoisotopic (exact) mass is 388 g/mol. The number of esters is 1. The van der Waals surface area contributed by atoms with Crippen LogP contribution in [0.3, 0.4) is 0 Å². The summed E-state index contributed by atoms with van der Waals surface area (Å²) in [6.07, 6.45) is 5.62. The summed E-state index contributed by atoms with van der Waals surface area (Å²) >= 11 is 7.18. The van der Waals surface area contributed by atoms with Crippen molar-refractivity contribution in [2.24, 2.45) is 0 Å². The van der Waals surface area contributed by atoms with Crippen molar-refractivity contribution in [2.75, 3.05) is 25.5 Å². The number of thiocarbonyl (C=S) groups is 1. The minimum atomic E-state index is -0.332. The van der Waals surface area contributed by atoms with Gasteiger partial charge in [-0.15, -0.1) is 11.3 Å². The first-order valence-corrected chi connectivity index (χ1v) is 10.2. The fraction of sp³-hybridized carbons (Fsp3) is 0.400. The van der Waals surface area contributed by atoms with E-state index in [0.29, 0.717) is 10.7 Å². The van der Waals surface area contributed by atoms with Gasteiger partial charge in [0.15, 0.2) is 5.11 Å². The predicted molar refractivity (Wildman–Crippen MR) is 111 cm³/mol. The van der Waals surface area contributed by atoms with Gasteiger partial charge in [0.05, 0.1) is 12.7 Å². The number of likely N-dealkylation sites (tertiary alicyclic amines) is 1. The van der Waals surface area contributed by atoms with Gasteiger partial charge >= 0.3 is 5.97 Å². The fourth-order valence-electron chi connectivity index (χ4n) is 3.13. The molecule has 0 unspecified atom stereocenters. The van der Waals surface area contributed by atoms with Crippen molar-refractivity contribution in [3.63, 3.8) is 0 Å². The summed E-state index contributed by atoms with van der Waals surface area (Å²) in [5.74, 6) is -0.332. The van der Waals surface area contributed by atoms with Crippen molar-refractivity contribution in [1.82, 2.24) is 4.90 Å². The quantitative estimate of drug-likeness (QED) is 0.607. The number of benzene rings is 1. The van der Waals surface area contributed by atoms with Crippen molar-refractivity contribution in [3.05, 3.63) is 52.4 Å². The van der Waals surface area contributed by atoms with E-state index in [1.165, 1.54) is 25.5 Å². The van der Waals surface area contributed by atoms with E-state index in [-0.39, 0.29) is 5.97 Å². The molecule has 0 spiro atoms. The molecule has 1 aliphatic heterocycles. The fourth-order valence-corrected chi connectivity index (χ4v) is 4.56. The molecule has 0 saturated carbocycles. The van der Waals surface area contributed by atoms with E-state index in [9.17, 15) is 4.79 Å². The molecule has 0 bridgehead atoms. The van der Waals surface area contributed by atoms with Gasteiger partial charge in [-0.25, -0.2) is 4.79 Å². The smallest absolute Gasteiger partial charge is 0.340 e. The van der Waals surface area contributed by atoms with Gasteiger partial charge in [-0.3, -0.25) is 0 Å². The third-order valence-electron chi connectivity index (χ3n) is 4.52. The Labute approximate surface area is 164 Å². The molecule has 2 aromatic rings. The van der Waals surface area contributed by atoms with Crippen LogP contribution >= 0.6 is 23.6 Å². The van der Waals surface area contributed by atoms with Crippen LogP contribution in [0.4, 0.5) is 5.00 Å². The molecule has 0 aliphatic carbocycles. The topological polar surface area (TPSA) is 41.6 Å². The van der Waals surface area contributed by atoms with Gasteiger partial charge in [0.2, 0.25) is 0 Å². The molecular formula is C20H24N2O2S2. The van der Waals surface area contributed by atoms with E-state index in [4.69, 9.17) is 17.0 Å². The molecule has 4 nitrogen and oxygen atoms in total. The lowest BCUT2D eigenvalue weighted by molar-refractivity contribution is 0.0602. The van der Waals surface area contributed by atoms with Gasteiger partial charge < -0.3 is 15.0 Å². The zero-order valence-electron chi connectivity index (χ0n) is 15.0. The third-order valence-corrected chi connectivity index (χ3v) is 5.93. The molecule has 1 saturated heterocycles. The first-order chi connectivity index (χ1) is 12.7. The Kier molecular flexibility index (Phi) is 6.63. The Hall–Kier alpha value is -1.92. The minimum Gasteiger partial charge on any atom is -0.465 e. The van der Waals surface area contributed by atoms with Crippen LogP contribution in [0.15, 0.2) is 36.4 Å². The predicted octanol–water partition coefficient (Wildman–Crippen LogP) is 4.70. The zero-order valence-corrected chi connectivity index (χ0v) is 16.6. The molecule has 1 N–H and O–H groups in total. The van der Waals surface area contributed by atoms with Crippen LogP contribution in [0.5, 0.6) is 0 Å². The van der Waals surface area contributed by atoms with Gasteiger partial charge in [0, 0.05) is 24.4 Å².